The topological polar surface area (TPSA) is 55.8 Å². The third-order valence-electron chi connectivity index (χ3n) is 14.7. The van der Waals surface area contributed by atoms with Crippen molar-refractivity contribution in [1.29, 1.82) is 0 Å². The Balaban J connectivity index is 1.34. The lowest BCUT2D eigenvalue weighted by molar-refractivity contribution is -0.227. The van der Waals surface area contributed by atoms with E-state index in [1.165, 1.54) is 19.3 Å². The first-order valence-corrected chi connectivity index (χ1v) is 16.8. The molecule has 1 N–H and O–H groups in total. The van der Waals surface area contributed by atoms with Crippen molar-refractivity contribution < 1.29 is 19.4 Å². The summed E-state index contributed by atoms with van der Waals surface area (Å²) in [5, 5.41) is 10.9. The van der Waals surface area contributed by atoms with Gasteiger partial charge in [0, 0.05) is 12.5 Å². The molecule has 0 aliphatic heterocycles. The second-order valence-electron chi connectivity index (χ2n) is 17.1. The van der Waals surface area contributed by atoms with Crippen molar-refractivity contribution in [1.82, 2.24) is 0 Å². The molecule has 5 aliphatic rings. The lowest BCUT2D eigenvalue weighted by Gasteiger charge is -2.71. The zero-order valence-corrected chi connectivity index (χ0v) is 27.6. The van der Waals surface area contributed by atoms with E-state index in [2.05, 4.69) is 59.8 Å². The molecule has 0 bridgehead atoms. The molecule has 0 amide bonds. The predicted molar refractivity (Wildman–Crippen MR) is 168 cm³/mol. The molecule has 0 spiro atoms. The minimum Gasteiger partial charge on any atom is -0.481 e. The van der Waals surface area contributed by atoms with E-state index in [1.807, 2.05) is 32.2 Å². The molecule has 42 heavy (non-hydrogen) atoms. The monoisotopic (exact) mass is 576 g/mol. The molecule has 10 atom stereocenters. The Hall–Kier alpha value is -1.65. The van der Waals surface area contributed by atoms with Gasteiger partial charge < -0.3 is 14.6 Å². The van der Waals surface area contributed by atoms with Crippen LogP contribution in [0, 0.1) is 50.2 Å². The zero-order valence-electron chi connectivity index (χ0n) is 27.6. The smallest absolute Gasteiger partial charge is 0.312 e. The van der Waals surface area contributed by atoms with Crippen LogP contribution in [0.2, 0.25) is 0 Å². The molecule has 0 saturated heterocycles. The maximum atomic E-state index is 13.2. The van der Waals surface area contributed by atoms with Crippen LogP contribution in [0.1, 0.15) is 112 Å². The van der Waals surface area contributed by atoms with Crippen LogP contribution in [0.25, 0.3) is 0 Å². The van der Waals surface area contributed by atoms with Crippen LogP contribution in [0.5, 0.6) is 0 Å². The standard InChI is InChI=1S/C38H56O4/c1-33(2)22-27-26-14-15-28-35(4)18-17-30(42-24-25-12-10-9-11-13-25)38(7,32(39)40)29(35)16-19-37(28,6)36(26,5)21-20-34(27,3)31(23-33)41-8/h9-14,27-31H,15-24H2,1-8H3,(H,39,40)/t27-,28-,29?,30+,31-,34-,35-,36-,37-,38?/m1/s1. The van der Waals surface area contributed by atoms with Crippen LogP contribution < -0.4 is 0 Å². The lowest BCUT2D eigenvalue weighted by atomic mass is 9.33. The van der Waals surface area contributed by atoms with Crippen molar-refractivity contribution in [2.24, 2.45) is 50.2 Å². The largest absolute Gasteiger partial charge is 0.481 e. The molecule has 4 nitrogen and oxygen atoms in total. The van der Waals surface area contributed by atoms with E-state index in [4.69, 9.17) is 9.47 Å². The van der Waals surface area contributed by atoms with Crippen LogP contribution in [0.3, 0.4) is 0 Å². The molecule has 232 valence electrons. The maximum Gasteiger partial charge on any atom is 0.312 e. The van der Waals surface area contributed by atoms with Gasteiger partial charge in [0.15, 0.2) is 0 Å². The van der Waals surface area contributed by atoms with Crippen molar-refractivity contribution in [2.45, 2.75) is 125 Å². The molecule has 0 aromatic heterocycles. The fraction of sp³-hybridized carbons (Fsp3) is 0.763. The number of rotatable bonds is 5. The van der Waals surface area contributed by atoms with Gasteiger partial charge in [-0.05, 0) is 110 Å². The van der Waals surface area contributed by atoms with Crippen LogP contribution in [0.15, 0.2) is 42.0 Å². The molecule has 5 aliphatic carbocycles. The van der Waals surface area contributed by atoms with Gasteiger partial charge in [0.2, 0.25) is 0 Å². The number of methoxy groups -OCH3 is 1. The van der Waals surface area contributed by atoms with E-state index in [9.17, 15) is 9.90 Å². The van der Waals surface area contributed by atoms with E-state index < -0.39 is 11.4 Å². The van der Waals surface area contributed by atoms with Gasteiger partial charge in [-0.25, -0.2) is 0 Å². The van der Waals surface area contributed by atoms with Gasteiger partial charge in [0.25, 0.3) is 0 Å². The average Bonchev–Trinajstić information content (AvgIpc) is 2.94. The second-order valence-corrected chi connectivity index (χ2v) is 17.1. The van der Waals surface area contributed by atoms with Crippen molar-refractivity contribution in [3.63, 3.8) is 0 Å². The number of ether oxygens (including phenoxy) is 2. The van der Waals surface area contributed by atoms with E-state index in [-0.39, 0.29) is 39.1 Å². The maximum absolute atomic E-state index is 13.2. The second kappa shape index (κ2) is 9.93. The third-order valence-corrected chi connectivity index (χ3v) is 14.7. The quantitative estimate of drug-likeness (QED) is 0.355. The summed E-state index contributed by atoms with van der Waals surface area (Å²) in [4.78, 5) is 13.2. The van der Waals surface area contributed by atoms with E-state index in [0.29, 0.717) is 24.5 Å². The third kappa shape index (κ3) is 4.09. The minimum atomic E-state index is -0.891. The van der Waals surface area contributed by atoms with Crippen LogP contribution in [-0.4, -0.2) is 30.4 Å². The number of benzene rings is 1. The highest BCUT2D eigenvalue weighted by atomic mass is 16.5. The molecule has 1 aromatic carbocycles. The number of carboxylic acids is 1. The van der Waals surface area contributed by atoms with Crippen LogP contribution in [0.4, 0.5) is 0 Å². The predicted octanol–water partition coefficient (Wildman–Crippen LogP) is 9.08. The first kappa shape index (κ1) is 30.4. The minimum absolute atomic E-state index is 0.0283. The normalized spacial score (nSPS) is 47.7. The zero-order chi connectivity index (χ0) is 30.3. The van der Waals surface area contributed by atoms with E-state index in [0.717, 1.165) is 44.1 Å². The molecule has 4 heteroatoms. The molecular weight excluding hydrogens is 520 g/mol. The van der Waals surface area contributed by atoms with Crippen molar-refractivity contribution in [3.05, 3.63) is 47.5 Å². The van der Waals surface area contributed by atoms with Crippen molar-refractivity contribution in [3.8, 4) is 0 Å². The fourth-order valence-electron chi connectivity index (χ4n) is 12.0. The van der Waals surface area contributed by atoms with E-state index in [1.54, 1.807) is 5.57 Å². The molecule has 0 heterocycles. The Bertz CT molecular complexity index is 1240. The van der Waals surface area contributed by atoms with Crippen LogP contribution >= 0.6 is 0 Å². The molecule has 2 unspecified atom stereocenters. The van der Waals surface area contributed by atoms with Gasteiger partial charge >= 0.3 is 5.97 Å². The Morgan fingerprint density at radius 3 is 2.24 bits per heavy atom. The number of fused-ring (bicyclic) bond motifs is 7. The van der Waals surface area contributed by atoms with Gasteiger partial charge in [-0.1, -0.05) is 83.5 Å². The Morgan fingerprint density at radius 2 is 1.57 bits per heavy atom. The number of allylic oxidation sites excluding steroid dienone is 2. The summed E-state index contributed by atoms with van der Waals surface area (Å²) in [6.45, 7) is 17.6. The number of aliphatic carboxylic acids is 1. The van der Waals surface area contributed by atoms with Crippen molar-refractivity contribution in [2.75, 3.05) is 7.11 Å². The highest BCUT2D eigenvalue weighted by Crippen LogP contribution is 2.76. The van der Waals surface area contributed by atoms with Crippen molar-refractivity contribution >= 4 is 5.97 Å². The summed E-state index contributed by atoms with van der Waals surface area (Å²) in [6, 6.07) is 10.2. The van der Waals surface area contributed by atoms with Gasteiger partial charge in [0.05, 0.1) is 24.2 Å². The molecule has 1 aromatic rings. The Labute approximate surface area is 255 Å². The molecule has 4 fully saturated rings. The van der Waals surface area contributed by atoms with Crippen LogP contribution in [-0.2, 0) is 20.9 Å². The summed E-state index contributed by atoms with van der Waals surface area (Å²) >= 11 is 0. The SMILES string of the molecule is CO[C@@H]1CC(C)(C)C[C@@H]2C3=CC[C@@H]4[C@@]5(C)CC[C@H](OCc6ccccc6)C(C)(C(=O)O)C5CC[C@@]4(C)[C@]3(C)CC[C@]21C. The summed E-state index contributed by atoms with van der Waals surface area (Å²) in [7, 11) is 1.93. The average molecular weight is 577 g/mol. The summed E-state index contributed by atoms with van der Waals surface area (Å²) < 4.78 is 12.8. The number of hydrogen-bond donors (Lipinski definition) is 1. The highest BCUT2D eigenvalue weighted by Gasteiger charge is 2.70. The number of hydrogen-bond acceptors (Lipinski definition) is 3. The first-order chi connectivity index (χ1) is 19.7. The Kier molecular flexibility index (Phi) is 7.18. The first-order valence-electron chi connectivity index (χ1n) is 16.8. The van der Waals surface area contributed by atoms with Gasteiger partial charge in [-0.2, -0.15) is 0 Å². The highest BCUT2D eigenvalue weighted by molar-refractivity contribution is 5.76. The summed E-state index contributed by atoms with van der Waals surface area (Å²) in [6.07, 6.45) is 12.5. The molecule has 6 rings (SSSR count). The lowest BCUT2D eigenvalue weighted by Crippen LogP contribution is -2.66. The number of carboxylic acid groups (broad SMARTS) is 1. The number of carbonyl (C=O) groups is 1. The van der Waals surface area contributed by atoms with Gasteiger partial charge in [-0.15, -0.1) is 0 Å². The van der Waals surface area contributed by atoms with E-state index >= 15 is 0 Å². The molecular formula is C38H56O4. The van der Waals surface area contributed by atoms with Gasteiger partial charge in [-0.3, -0.25) is 4.79 Å². The summed E-state index contributed by atoms with van der Waals surface area (Å²) in [5.41, 5.74) is 2.66. The fourth-order valence-corrected chi connectivity index (χ4v) is 12.0. The summed E-state index contributed by atoms with van der Waals surface area (Å²) in [5.74, 6) is 0.459. The molecule has 4 saturated carbocycles. The Morgan fingerprint density at radius 1 is 0.857 bits per heavy atom. The molecule has 0 radical (unpaired) electrons. The van der Waals surface area contributed by atoms with Gasteiger partial charge in [0.1, 0.15) is 0 Å².